The summed E-state index contributed by atoms with van der Waals surface area (Å²) in [6, 6.07) is 18.9. The fourth-order valence-corrected chi connectivity index (χ4v) is 3.34. The van der Waals surface area contributed by atoms with Gasteiger partial charge in [0.15, 0.2) is 6.10 Å². The zero-order valence-electron chi connectivity index (χ0n) is 12.6. The minimum Gasteiger partial charge on any atom is -0.283 e. The summed E-state index contributed by atoms with van der Waals surface area (Å²) in [5, 5.41) is 1.70. The summed E-state index contributed by atoms with van der Waals surface area (Å²) in [7, 11) is 1.52. The molecule has 2 saturated heterocycles. The number of hydrogen-bond acceptors (Lipinski definition) is 4. The largest absolute Gasteiger partial charge is 0.283 e. The lowest BCUT2D eigenvalue weighted by atomic mass is 9.90. The van der Waals surface area contributed by atoms with Crippen molar-refractivity contribution in [3.63, 3.8) is 0 Å². The highest BCUT2D eigenvalue weighted by molar-refractivity contribution is 6.07. The first kappa shape index (κ1) is 14.0. The second-order valence-electron chi connectivity index (χ2n) is 5.80. The summed E-state index contributed by atoms with van der Waals surface area (Å²) in [5.74, 6) is -0.984. The number of nitrogens with zero attached hydrogens (tertiary/aromatic N) is 2. The molecule has 0 radical (unpaired) electrons. The third-order valence-corrected chi connectivity index (χ3v) is 4.49. The maximum absolute atomic E-state index is 12.6. The molecular weight excluding hydrogens is 292 g/mol. The number of anilines is 1. The molecule has 2 heterocycles. The number of carbonyl (C=O) groups excluding carboxylic acids is 2. The van der Waals surface area contributed by atoms with E-state index in [1.165, 1.54) is 11.9 Å². The van der Waals surface area contributed by atoms with Crippen molar-refractivity contribution in [1.82, 2.24) is 4.90 Å². The molecule has 2 amide bonds. The first-order valence-electron chi connectivity index (χ1n) is 7.56. The predicted molar refractivity (Wildman–Crippen MR) is 84.2 cm³/mol. The van der Waals surface area contributed by atoms with Crippen molar-refractivity contribution in [2.24, 2.45) is 5.92 Å². The Bertz CT molecular complexity index is 747. The maximum atomic E-state index is 12.6. The molecule has 5 heteroatoms. The van der Waals surface area contributed by atoms with Crippen LogP contribution in [-0.4, -0.2) is 29.9 Å². The number of hydroxylamine groups is 1. The van der Waals surface area contributed by atoms with Gasteiger partial charge in [-0.3, -0.25) is 19.3 Å². The van der Waals surface area contributed by atoms with E-state index in [0.717, 1.165) is 11.3 Å². The number of carbonyl (C=O) groups is 2. The molecule has 0 spiro atoms. The molecule has 0 aliphatic carbocycles. The monoisotopic (exact) mass is 308 g/mol. The molecular formula is C18H16N2O3. The molecule has 0 bridgehead atoms. The molecule has 23 heavy (non-hydrogen) atoms. The highest BCUT2D eigenvalue weighted by atomic mass is 16.7. The Labute approximate surface area is 134 Å². The van der Waals surface area contributed by atoms with Gasteiger partial charge in [0.1, 0.15) is 5.92 Å². The normalized spacial score (nSPS) is 26.7. The van der Waals surface area contributed by atoms with E-state index in [-0.39, 0.29) is 17.9 Å². The van der Waals surface area contributed by atoms with Gasteiger partial charge in [0, 0.05) is 7.05 Å². The highest BCUT2D eigenvalue weighted by Crippen LogP contribution is 2.46. The van der Waals surface area contributed by atoms with Crippen molar-refractivity contribution in [3.05, 3.63) is 66.2 Å². The lowest BCUT2D eigenvalue weighted by Gasteiger charge is -2.28. The number of fused-ring (bicyclic) bond motifs is 1. The van der Waals surface area contributed by atoms with Crippen LogP contribution >= 0.6 is 0 Å². The number of benzene rings is 2. The smallest absolute Gasteiger partial charge is 0.261 e. The Morgan fingerprint density at radius 2 is 1.48 bits per heavy atom. The summed E-state index contributed by atoms with van der Waals surface area (Å²) >= 11 is 0. The standard InChI is InChI=1S/C18H16N2O3/c1-19-17(21)14-15(12-8-4-2-5-9-12)20(23-16(14)18(19)22)13-10-6-3-7-11-13/h2-11,14-16H,1H3/t14-,15+,16-/m1/s1. The Morgan fingerprint density at radius 1 is 0.870 bits per heavy atom. The van der Waals surface area contributed by atoms with Crippen LogP contribution in [0.25, 0.3) is 0 Å². The maximum Gasteiger partial charge on any atom is 0.261 e. The molecule has 3 atom stereocenters. The van der Waals surface area contributed by atoms with E-state index in [1.807, 2.05) is 60.7 Å². The molecule has 0 aromatic heterocycles. The summed E-state index contributed by atoms with van der Waals surface area (Å²) in [4.78, 5) is 31.9. The van der Waals surface area contributed by atoms with E-state index in [2.05, 4.69) is 0 Å². The molecule has 0 unspecified atom stereocenters. The number of rotatable bonds is 2. The van der Waals surface area contributed by atoms with Gasteiger partial charge in [-0.25, -0.2) is 5.06 Å². The van der Waals surface area contributed by atoms with E-state index in [4.69, 9.17) is 4.84 Å². The second kappa shape index (κ2) is 5.21. The van der Waals surface area contributed by atoms with Crippen LogP contribution in [0.4, 0.5) is 5.69 Å². The Morgan fingerprint density at radius 3 is 2.13 bits per heavy atom. The third kappa shape index (κ3) is 2.04. The molecule has 2 aromatic rings. The fourth-order valence-electron chi connectivity index (χ4n) is 3.34. The van der Waals surface area contributed by atoms with Crippen LogP contribution in [0.2, 0.25) is 0 Å². The number of imide groups is 1. The van der Waals surface area contributed by atoms with Crippen molar-refractivity contribution in [2.75, 3.05) is 12.1 Å². The molecule has 0 saturated carbocycles. The minimum atomic E-state index is -0.752. The van der Waals surface area contributed by atoms with Gasteiger partial charge in [-0.2, -0.15) is 0 Å². The average Bonchev–Trinajstić information content (AvgIpc) is 3.09. The topological polar surface area (TPSA) is 49.9 Å². The van der Waals surface area contributed by atoms with Gasteiger partial charge >= 0.3 is 0 Å². The highest BCUT2D eigenvalue weighted by Gasteiger charge is 2.58. The van der Waals surface area contributed by atoms with Crippen LogP contribution in [0.15, 0.2) is 60.7 Å². The number of para-hydroxylation sites is 1. The molecule has 116 valence electrons. The summed E-state index contributed by atoms with van der Waals surface area (Å²) in [6.45, 7) is 0. The molecule has 2 fully saturated rings. The van der Waals surface area contributed by atoms with Crippen LogP contribution < -0.4 is 5.06 Å². The summed E-state index contributed by atoms with van der Waals surface area (Å²) in [6.07, 6.45) is -0.752. The SMILES string of the molecule is CN1C(=O)[C@H]2[C@@H](ON(c3ccccc3)[C@H]2c2ccccc2)C1=O. The molecule has 0 N–H and O–H groups in total. The Balaban J connectivity index is 1.82. The average molecular weight is 308 g/mol. The lowest BCUT2D eigenvalue weighted by Crippen LogP contribution is -2.34. The van der Waals surface area contributed by atoms with E-state index >= 15 is 0 Å². The van der Waals surface area contributed by atoms with Crippen LogP contribution in [0.1, 0.15) is 11.6 Å². The van der Waals surface area contributed by atoms with Gasteiger partial charge in [-0.15, -0.1) is 0 Å². The fraction of sp³-hybridized carbons (Fsp3) is 0.222. The van der Waals surface area contributed by atoms with Gasteiger partial charge < -0.3 is 0 Å². The second-order valence-corrected chi connectivity index (χ2v) is 5.80. The predicted octanol–water partition coefficient (Wildman–Crippen LogP) is 2.16. The first-order chi connectivity index (χ1) is 11.2. The molecule has 4 rings (SSSR count). The number of likely N-dealkylation sites (N-methyl/N-ethyl adjacent to an activating group) is 1. The van der Waals surface area contributed by atoms with Crippen LogP contribution in [0.3, 0.4) is 0 Å². The van der Waals surface area contributed by atoms with Crippen molar-refractivity contribution in [3.8, 4) is 0 Å². The lowest BCUT2D eigenvalue weighted by molar-refractivity contribution is -0.141. The van der Waals surface area contributed by atoms with E-state index in [0.29, 0.717) is 0 Å². The van der Waals surface area contributed by atoms with Gasteiger partial charge in [0.2, 0.25) is 5.91 Å². The van der Waals surface area contributed by atoms with Crippen LogP contribution in [0, 0.1) is 5.92 Å². The zero-order chi connectivity index (χ0) is 16.0. The van der Waals surface area contributed by atoms with Gasteiger partial charge in [0.05, 0.1) is 11.7 Å². The number of hydrogen-bond donors (Lipinski definition) is 0. The molecule has 2 aliphatic heterocycles. The van der Waals surface area contributed by atoms with Crippen molar-refractivity contribution in [1.29, 1.82) is 0 Å². The van der Waals surface area contributed by atoms with E-state index in [9.17, 15) is 9.59 Å². The minimum absolute atomic E-state index is 0.188. The first-order valence-corrected chi connectivity index (χ1v) is 7.56. The van der Waals surface area contributed by atoms with E-state index < -0.39 is 12.0 Å². The van der Waals surface area contributed by atoms with Gasteiger partial charge in [-0.1, -0.05) is 48.5 Å². The van der Waals surface area contributed by atoms with Gasteiger partial charge in [-0.05, 0) is 17.7 Å². The van der Waals surface area contributed by atoms with Crippen molar-refractivity contribution < 1.29 is 14.4 Å². The zero-order valence-corrected chi connectivity index (χ0v) is 12.6. The van der Waals surface area contributed by atoms with E-state index in [1.54, 1.807) is 5.06 Å². The number of likely N-dealkylation sites (tertiary alicyclic amines) is 1. The third-order valence-electron chi connectivity index (χ3n) is 4.49. The summed E-state index contributed by atoms with van der Waals surface area (Å²) in [5.41, 5.74) is 1.79. The summed E-state index contributed by atoms with van der Waals surface area (Å²) < 4.78 is 0. The van der Waals surface area contributed by atoms with Crippen LogP contribution in [-0.2, 0) is 14.4 Å². The Hall–Kier alpha value is -2.66. The molecule has 2 aromatic carbocycles. The molecule has 5 nitrogen and oxygen atoms in total. The Kier molecular flexibility index (Phi) is 3.16. The molecule has 2 aliphatic rings. The van der Waals surface area contributed by atoms with Crippen molar-refractivity contribution >= 4 is 17.5 Å². The van der Waals surface area contributed by atoms with Crippen LogP contribution in [0.5, 0.6) is 0 Å². The number of amides is 2. The quantitative estimate of drug-likeness (QED) is 0.798. The van der Waals surface area contributed by atoms with Gasteiger partial charge in [0.25, 0.3) is 5.91 Å². The van der Waals surface area contributed by atoms with Crippen molar-refractivity contribution in [2.45, 2.75) is 12.1 Å².